The van der Waals surface area contributed by atoms with Crippen LogP contribution in [0.5, 0.6) is 0 Å². The largest absolute Gasteiger partial charge is 0.394 e. The van der Waals surface area contributed by atoms with E-state index in [2.05, 4.69) is 0 Å². The molecule has 0 bridgehead atoms. The molecule has 1 fully saturated rings. The van der Waals surface area contributed by atoms with E-state index in [0.717, 1.165) is 5.56 Å². The number of hydrogen-bond donors (Lipinski definition) is 2. The van der Waals surface area contributed by atoms with Gasteiger partial charge in [-0.1, -0.05) is 30.7 Å². The molecule has 0 heterocycles. The number of aliphatic hydroxyl groups excluding tert-OH is 1. The van der Waals surface area contributed by atoms with Gasteiger partial charge >= 0.3 is 0 Å². The fourth-order valence-corrected chi connectivity index (χ4v) is 4.61. The van der Waals surface area contributed by atoms with Crippen molar-refractivity contribution < 1.29 is 13.5 Å². The summed E-state index contributed by atoms with van der Waals surface area (Å²) in [6, 6.07) is 6.91. The van der Waals surface area contributed by atoms with Crippen molar-refractivity contribution in [1.29, 1.82) is 0 Å². The van der Waals surface area contributed by atoms with Gasteiger partial charge in [0.1, 0.15) is 0 Å². The van der Waals surface area contributed by atoms with Crippen LogP contribution in [0.15, 0.2) is 24.3 Å². The van der Waals surface area contributed by atoms with Gasteiger partial charge in [-0.25, -0.2) is 8.42 Å². The minimum atomic E-state index is -3.27. The zero-order valence-electron chi connectivity index (χ0n) is 10.0. The Morgan fingerprint density at radius 2 is 1.94 bits per heavy atom. The average molecular weight is 290 g/mol. The highest BCUT2D eigenvalue weighted by atomic mass is 35.5. The second kappa shape index (κ2) is 4.49. The molecular formula is C12H16ClNO3S. The molecule has 1 aromatic carbocycles. The van der Waals surface area contributed by atoms with Crippen molar-refractivity contribution >= 4 is 21.4 Å². The first-order chi connectivity index (χ1) is 8.36. The van der Waals surface area contributed by atoms with E-state index in [-0.39, 0.29) is 18.3 Å². The van der Waals surface area contributed by atoms with Gasteiger partial charge in [0.25, 0.3) is 0 Å². The summed E-state index contributed by atoms with van der Waals surface area (Å²) in [6.07, 6.45) is 0. The third kappa shape index (κ3) is 2.05. The van der Waals surface area contributed by atoms with Crippen LogP contribution in [0.25, 0.3) is 0 Å². The number of aliphatic hydroxyl groups is 1. The Labute approximate surface area is 112 Å². The summed E-state index contributed by atoms with van der Waals surface area (Å²) in [5.74, 6) is -0.328. The zero-order valence-corrected chi connectivity index (χ0v) is 11.6. The maximum Gasteiger partial charge on any atom is 0.155 e. The van der Waals surface area contributed by atoms with Crippen LogP contribution in [0.4, 0.5) is 0 Å². The highest BCUT2D eigenvalue weighted by Crippen LogP contribution is 2.54. The highest BCUT2D eigenvalue weighted by Gasteiger charge is 2.68. The molecule has 0 aliphatic heterocycles. The standard InChI is InChI=1S/C12H16ClNO3S/c1-2-18(16,17)11-10(12(11,14)7-15)8-3-5-9(13)6-4-8/h3-6,10-11,15H,2,7,14H2,1H3. The first-order valence-electron chi connectivity index (χ1n) is 5.73. The third-order valence-corrected chi connectivity index (χ3v) is 6.14. The van der Waals surface area contributed by atoms with Crippen LogP contribution in [-0.4, -0.2) is 36.7 Å². The molecule has 3 N–H and O–H groups in total. The van der Waals surface area contributed by atoms with E-state index >= 15 is 0 Å². The Morgan fingerprint density at radius 3 is 2.39 bits per heavy atom. The van der Waals surface area contributed by atoms with Gasteiger partial charge in [-0.05, 0) is 17.7 Å². The fraction of sp³-hybridized carbons (Fsp3) is 0.500. The van der Waals surface area contributed by atoms with Crippen LogP contribution in [0.2, 0.25) is 5.02 Å². The number of halogens is 1. The second-order valence-electron chi connectivity index (χ2n) is 4.67. The van der Waals surface area contributed by atoms with Gasteiger partial charge < -0.3 is 10.8 Å². The van der Waals surface area contributed by atoms with Crippen molar-refractivity contribution in [3.8, 4) is 0 Å². The molecule has 0 saturated heterocycles. The Morgan fingerprint density at radius 1 is 1.39 bits per heavy atom. The van der Waals surface area contributed by atoms with Gasteiger partial charge in [0.2, 0.25) is 0 Å². The van der Waals surface area contributed by atoms with Crippen LogP contribution in [0.3, 0.4) is 0 Å². The van der Waals surface area contributed by atoms with Crippen LogP contribution < -0.4 is 5.73 Å². The quantitative estimate of drug-likeness (QED) is 0.864. The predicted molar refractivity (Wildman–Crippen MR) is 71.4 cm³/mol. The second-order valence-corrected chi connectivity index (χ2v) is 7.52. The maximum absolute atomic E-state index is 12.0. The summed E-state index contributed by atoms with van der Waals surface area (Å²) < 4.78 is 23.9. The SMILES string of the molecule is CCS(=O)(=O)C1C(c2ccc(Cl)cc2)C1(N)CO. The fourth-order valence-electron chi connectivity index (χ4n) is 2.49. The van der Waals surface area contributed by atoms with Gasteiger partial charge in [-0.3, -0.25) is 0 Å². The van der Waals surface area contributed by atoms with Gasteiger partial charge in [0, 0.05) is 16.7 Å². The topological polar surface area (TPSA) is 80.4 Å². The molecule has 0 amide bonds. The van der Waals surface area contributed by atoms with Crippen LogP contribution in [0.1, 0.15) is 18.4 Å². The molecule has 2 rings (SSSR count). The summed E-state index contributed by atoms with van der Waals surface area (Å²) in [6.45, 7) is 1.24. The van der Waals surface area contributed by atoms with Gasteiger partial charge in [-0.15, -0.1) is 0 Å². The monoisotopic (exact) mass is 289 g/mol. The summed E-state index contributed by atoms with van der Waals surface area (Å²) in [5.41, 5.74) is 5.74. The number of nitrogens with two attached hydrogens (primary N) is 1. The minimum Gasteiger partial charge on any atom is -0.394 e. The number of rotatable bonds is 4. The summed E-state index contributed by atoms with van der Waals surface area (Å²) in [4.78, 5) is 0. The van der Waals surface area contributed by atoms with E-state index in [1.165, 1.54) is 0 Å². The first-order valence-corrected chi connectivity index (χ1v) is 7.83. The lowest BCUT2D eigenvalue weighted by molar-refractivity contribution is 0.253. The van der Waals surface area contributed by atoms with Crippen LogP contribution in [-0.2, 0) is 9.84 Å². The Bertz CT molecular complexity index is 543. The lowest BCUT2D eigenvalue weighted by atomic mass is 10.1. The number of benzene rings is 1. The van der Waals surface area contributed by atoms with Crippen molar-refractivity contribution in [1.82, 2.24) is 0 Å². The van der Waals surface area contributed by atoms with Crippen molar-refractivity contribution in [3.63, 3.8) is 0 Å². The normalized spacial score (nSPS) is 31.3. The molecular weight excluding hydrogens is 274 g/mol. The Hall–Kier alpha value is -0.620. The molecule has 1 aliphatic carbocycles. The smallest absolute Gasteiger partial charge is 0.155 e. The molecule has 3 unspecified atom stereocenters. The van der Waals surface area contributed by atoms with Gasteiger partial charge in [0.15, 0.2) is 9.84 Å². The first kappa shape index (κ1) is 13.8. The van der Waals surface area contributed by atoms with E-state index in [9.17, 15) is 13.5 Å². The van der Waals surface area contributed by atoms with Crippen LogP contribution in [0, 0.1) is 0 Å². The van der Waals surface area contributed by atoms with Gasteiger partial charge in [-0.2, -0.15) is 0 Å². The van der Waals surface area contributed by atoms with E-state index in [0.29, 0.717) is 5.02 Å². The van der Waals surface area contributed by atoms with E-state index in [4.69, 9.17) is 17.3 Å². The molecule has 6 heteroatoms. The van der Waals surface area contributed by atoms with Crippen molar-refractivity contribution in [2.24, 2.45) is 5.73 Å². The molecule has 1 aliphatic rings. The maximum atomic E-state index is 12.0. The molecule has 3 atom stereocenters. The summed E-state index contributed by atoms with van der Waals surface area (Å²) in [7, 11) is -3.27. The van der Waals surface area contributed by atoms with E-state index in [1.54, 1.807) is 31.2 Å². The molecule has 18 heavy (non-hydrogen) atoms. The molecule has 0 spiro atoms. The van der Waals surface area contributed by atoms with Crippen LogP contribution >= 0.6 is 11.6 Å². The summed E-state index contributed by atoms with van der Waals surface area (Å²) in [5, 5.41) is 9.24. The molecule has 0 radical (unpaired) electrons. The Balaban J connectivity index is 2.37. The molecule has 100 valence electrons. The van der Waals surface area contributed by atoms with Gasteiger partial charge in [0.05, 0.1) is 17.4 Å². The molecule has 0 aromatic heterocycles. The Kier molecular flexibility index (Phi) is 3.44. The lowest BCUT2D eigenvalue weighted by Gasteiger charge is -2.07. The number of sulfone groups is 1. The van der Waals surface area contributed by atoms with E-state index in [1.807, 2.05) is 0 Å². The van der Waals surface area contributed by atoms with Crippen molar-refractivity contribution in [2.75, 3.05) is 12.4 Å². The molecule has 1 saturated carbocycles. The predicted octanol–water partition coefficient (Wildman–Crippen LogP) is 0.930. The average Bonchev–Trinajstić information content (AvgIpc) is 2.98. The third-order valence-electron chi connectivity index (χ3n) is 3.59. The minimum absolute atomic E-state index is 0.0285. The molecule has 4 nitrogen and oxygen atoms in total. The highest BCUT2D eigenvalue weighted by molar-refractivity contribution is 7.92. The summed E-state index contributed by atoms with van der Waals surface area (Å²) >= 11 is 5.80. The van der Waals surface area contributed by atoms with Crippen molar-refractivity contribution in [3.05, 3.63) is 34.9 Å². The van der Waals surface area contributed by atoms with Crippen molar-refractivity contribution in [2.45, 2.75) is 23.6 Å². The number of hydrogen-bond acceptors (Lipinski definition) is 4. The lowest BCUT2D eigenvalue weighted by Crippen LogP contribution is -2.35. The van der Waals surface area contributed by atoms with E-state index < -0.39 is 20.6 Å². The molecule has 1 aromatic rings. The zero-order chi connectivity index (χ0) is 13.6.